The minimum atomic E-state index is 0.381. The monoisotopic (exact) mass is 269 g/mol. The molecule has 0 saturated heterocycles. The minimum Gasteiger partial charge on any atom is -0.299 e. The number of nitrogens with zero attached hydrogens (tertiary/aromatic N) is 1. The number of hydrazine groups is 1. The molecule has 0 bridgehead atoms. The largest absolute Gasteiger partial charge is 0.299 e. The van der Waals surface area contributed by atoms with Gasteiger partial charge in [-0.15, -0.1) is 0 Å². The van der Waals surface area contributed by atoms with E-state index in [0.29, 0.717) is 5.92 Å². The second kappa shape index (κ2) is 5.65. The lowest BCUT2D eigenvalue weighted by molar-refractivity contribution is 0.864. The van der Waals surface area contributed by atoms with E-state index in [4.69, 9.17) is 11.6 Å². The third-order valence-electron chi connectivity index (χ3n) is 2.52. The van der Waals surface area contributed by atoms with Crippen LogP contribution >= 0.6 is 23.4 Å². The zero-order chi connectivity index (χ0) is 12.3. The summed E-state index contributed by atoms with van der Waals surface area (Å²) in [6, 6.07) is 5.89. The van der Waals surface area contributed by atoms with Crippen LogP contribution in [0.15, 0.2) is 23.2 Å². The quantitative estimate of drug-likeness (QED) is 0.825. The Morgan fingerprint density at radius 1 is 1.35 bits per heavy atom. The topological polar surface area (TPSA) is 36.4 Å². The molecule has 3 nitrogen and oxygen atoms in total. The summed E-state index contributed by atoms with van der Waals surface area (Å²) in [6.07, 6.45) is 0. The van der Waals surface area contributed by atoms with Crippen LogP contribution in [-0.4, -0.2) is 17.5 Å². The highest BCUT2D eigenvalue weighted by atomic mass is 35.5. The number of nitrogens with one attached hydrogen (secondary N) is 2. The molecule has 0 unspecified atom stereocenters. The van der Waals surface area contributed by atoms with E-state index < -0.39 is 0 Å². The molecule has 1 heterocycles. The summed E-state index contributed by atoms with van der Waals surface area (Å²) in [5.74, 6) is 1.43. The molecule has 2 N–H and O–H groups in total. The van der Waals surface area contributed by atoms with Crippen LogP contribution in [0.2, 0.25) is 5.02 Å². The van der Waals surface area contributed by atoms with Crippen molar-refractivity contribution in [1.82, 2.24) is 5.43 Å². The zero-order valence-corrected chi connectivity index (χ0v) is 11.5. The van der Waals surface area contributed by atoms with Gasteiger partial charge in [0.2, 0.25) is 0 Å². The fraction of sp³-hybridized carbons (Fsp3) is 0.417. The number of hydrogen-bond acceptors (Lipinski definition) is 4. The molecule has 0 amide bonds. The maximum Gasteiger partial charge on any atom is 0.175 e. The predicted octanol–water partition coefficient (Wildman–Crippen LogP) is 3.48. The SMILES string of the molecule is CC(C)c1c(Cl)cccc1NNC1=NCCS1. The highest BCUT2D eigenvalue weighted by Crippen LogP contribution is 2.30. The first-order chi connectivity index (χ1) is 8.18. The molecule has 1 aliphatic heterocycles. The van der Waals surface area contributed by atoms with Crippen molar-refractivity contribution in [2.75, 3.05) is 17.7 Å². The van der Waals surface area contributed by atoms with Gasteiger partial charge in [-0.2, -0.15) is 0 Å². The van der Waals surface area contributed by atoms with Crippen molar-refractivity contribution in [3.05, 3.63) is 28.8 Å². The summed E-state index contributed by atoms with van der Waals surface area (Å²) < 4.78 is 0. The molecule has 0 aliphatic carbocycles. The molecule has 0 aromatic heterocycles. The van der Waals surface area contributed by atoms with E-state index in [1.54, 1.807) is 11.8 Å². The van der Waals surface area contributed by atoms with E-state index in [2.05, 4.69) is 29.7 Å². The Labute approximate surface area is 111 Å². The highest BCUT2D eigenvalue weighted by molar-refractivity contribution is 8.14. The standard InChI is InChI=1S/C12H16ClN3S/c1-8(2)11-9(13)4-3-5-10(11)15-16-12-14-6-7-17-12/h3-5,8,15H,6-7H2,1-2H3,(H,14,16). The number of amidine groups is 1. The Morgan fingerprint density at radius 2 is 2.18 bits per heavy atom. The molecule has 0 atom stereocenters. The van der Waals surface area contributed by atoms with E-state index in [-0.39, 0.29) is 0 Å². The number of anilines is 1. The average molecular weight is 270 g/mol. The summed E-state index contributed by atoms with van der Waals surface area (Å²) in [4.78, 5) is 4.32. The molecule has 17 heavy (non-hydrogen) atoms. The molecule has 1 aliphatic rings. The maximum absolute atomic E-state index is 6.22. The number of thioether (sulfide) groups is 1. The van der Waals surface area contributed by atoms with Gasteiger partial charge in [-0.3, -0.25) is 15.8 Å². The molecule has 0 saturated carbocycles. The Kier molecular flexibility index (Phi) is 4.18. The molecular weight excluding hydrogens is 254 g/mol. The average Bonchev–Trinajstić information content (AvgIpc) is 2.78. The Morgan fingerprint density at radius 3 is 2.82 bits per heavy atom. The number of hydrogen-bond donors (Lipinski definition) is 2. The summed E-state index contributed by atoms with van der Waals surface area (Å²) >= 11 is 7.94. The molecule has 0 fully saturated rings. The number of aliphatic imine (C=N–C) groups is 1. The second-order valence-electron chi connectivity index (χ2n) is 4.14. The smallest absolute Gasteiger partial charge is 0.175 e. The Bertz CT molecular complexity index is 432. The van der Waals surface area contributed by atoms with Gasteiger partial charge in [-0.05, 0) is 23.6 Å². The first-order valence-corrected chi connectivity index (χ1v) is 7.02. The Balaban J connectivity index is 2.11. The molecular formula is C12H16ClN3S. The second-order valence-corrected chi connectivity index (χ2v) is 5.63. The molecule has 0 radical (unpaired) electrons. The van der Waals surface area contributed by atoms with Crippen molar-refractivity contribution in [2.45, 2.75) is 19.8 Å². The molecule has 2 rings (SSSR count). The van der Waals surface area contributed by atoms with Crippen LogP contribution < -0.4 is 10.9 Å². The summed E-state index contributed by atoms with van der Waals surface area (Å²) in [7, 11) is 0. The molecule has 1 aromatic rings. The normalized spacial score (nSPS) is 14.9. The van der Waals surface area contributed by atoms with Gasteiger partial charge in [0.1, 0.15) is 0 Å². The summed E-state index contributed by atoms with van der Waals surface area (Å²) in [5, 5.41) is 1.74. The van der Waals surface area contributed by atoms with Crippen molar-refractivity contribution in [3.63, 3.8) is 0 Å². The summed E-state index contributed by atoms with van der Waals surface area (Å²) in [6.45, 7) is 5.16. The van der Waals surface area contributed by atoms with Gasteiger partial charge in [-0.25, -0.2) is 0 Å². The third-order valence-corrected chi connectivity index (χ3v) is 3.74. The van der Waals surface area contributed by atoms with Crippen LogP contribution in [-0.2, 0) is 0 Å². The first kappa shape index (κ1) is 12.6. The Hall–Kier alpha value is -0.870. The van der Waals surface area contributed by atoms with Crippen LogP contribution in [0, 0.1) is 0 Å². The van der Waals surface area contributed by atoms with Crippen LogP contribution in [0.4, 0.5) is 5.69 Å². The van der Waals surface area contributed by atoms with E-state index in [9.17, 15) is 0 Å². The molecule has 1 aromatic carbocycles. The molecule has 5 heteroatoms. The van der Waals surface area contributed by atoms with Gasteiger partial charge in [0.15, 0.2) is 5.17 Å². The van der Waals surface area contributed by atoms with E-state index in [1.807, 2.05) is 18.2 Å². The fourth-order valence-electron chi connectivity index (χ4n) is 1.76. The van der Waals surface area contributed by atoms with Crippen molar-refractivity contribution in [3.8, 4) is 0 Å². The zero-order valence-electron chi connectivity index (χ0n) is 9.96. The van der Waals surface area contributed by atoms with Crippen molar-refractivity contribution < 1.29 is 0 Å². The lowest BCUT2D eigenvalue weighted by Crippen LogP contribution is -2.26. The van der Waals surface area contributed by atoms with Crippen LogP contribution in [0.5, 0.6) is 0 Å². The number of rotatable bonds is 3. The molecule has 0 spiro atoms. The van der Waals surface area contributed by atoms with E-state index in [1.165, 1.54) is 0 Å². The van der Waals surface area contributed by atoms with E-state index >= 15 is 0 Å². The van der Waals surface area contributed by atoms with Crippen LogP contribution in [0.3, 0.4) is 0 Å². The lowest BCUT2D eigenvalue weighted by atomic mass is 10.0. The van der Waals surface area contributed by atoms with Crippen LogP contribution in [0.1, 0.15) is 25.3 Å². The fourth-order valence-corrected chi connectivity index (χ4v) is 2.84. The lowest BCUT2D eigenvalue weighted by Gasteiger charge is -2.17. The highest BCUT2D eigenvalue weighted by Gasteiger charge is 2.12. The van der Waals surface area contributed by atoms with E-state index in [0.717, 1.165) is 33.7 Å². The van der Waals surface area contributed by atoms with Crippen molar-refractivity contribution in [1.29, 1.82) is 0 Å². The molecule has 92 valence electrons. The van der Waals surface area contributed by atoms with Gasteiger partial charge in [-0.1, -0.05) is 43.3 Å². The maximum atomic E-state index is 6.22. The van der Waals surface area contributed by atoms with Gasteiger partial charge >= 0.3 is 0 Å². The third kappa shape index (κ3) is 3.07. The number of halogens is 1. The number of benzene rings is 1. The van der Waals surface area contributed by atoms with Gasteiger partial charge in [0.25, 0.3) is 0 Å². The van der Waals surface area contributed by atoms with Gasteiger partial charge < -0.3 is 0 Å². The van der Waals surface area contributed by atoms with Crippen molar-refractivity contribution >= 4 is 34.2 Å². The predicted molar refractivity (Wildman–Crippen MR) is 77.1 cm³/mol. The van der Waals surface area contributed by atoms with Gasteiger partial charge in [0, 0.05) is 10.8 Å². The summed E-state index contributed by atoms with van der Waals surface area (Å²) in [5.41, 5.74) is 8.46. The first-order valence-electron chi connectivity index (χ1n) is 5.66. The minimum absolute atomic E-state index is 0.381. The van der Waals surface area contributed by atoms with Crippen molar-refractivity contribution in [2.24, 2.45) is 4.99 Å². The van der Waals surface area contributed by atoms with Crippen LogP contribution in [0.25, 0.3) is 0 Å². The van der Waals surface area contributed by atoms with Gasteiger partial charge in [0.05, 0.1) is 12.2 Å².